The molecule has 6 amide bonds. The van der Waals surface area contributed by atoms with Crippen molar-refractivity contribution in [2.45, 2.75) is 148 Å². The highest BCUT2D eigenvalue weighted by molar-refractivity contribution is 6.01. The van der Waals surface area contributed by atoms with E-state index in [9.17, 15) is 38.7 Å². The molecule has 380 valence electrons. The van der Waals surface area contributed by atoms with E-state index in [1.165, 1.54) is 0 Å². The van der Waals surface area contributed by atoms with E-state index in [0.717, 1.165) is 24.8 Å². The Kier molecular flexibility index (Phi) is 17.5. The number of urea groups is 1. The SMILES string of the molecule is CCCC1O[C@@H]2CC3[C@@H]4CCC5=CC(=O)C=C[C@]5(C)[C@H]4[C@@H](O)C[C@]3(C)[C@]2(C(=O)COCNC(=O)OCc2ccc(NC(=O)[C@H](CCCNC(N)=O)NC(=O)CNC(=O)CCC(C)(C)OCC)cc2)O1. The third kappa shape index (κ3) is 12.2. The number of hydrogen-bond donors (Lipinski definition) is 7. The van der Waals surface area contributed by atoms with Crippen molar-refractivity contribution >= 4 is 47.1 Å². The van der Waals surface area contributed by atoms with E-state index >= 15 is 0 Å². The van der Waals surface area contributed by atoms with E-state index in [0.29, 0.717) is 50.0 Å². The van der Waals surface area contributed by atoms with Gasteiger partial charge in [0, 0.05) is 42.0 Å². The highest BCUT2D eigenvalue weighted by Gasteiger charge is 2.75. The van der Waals surface area contributed by atoms with Gasteiger partial charge in [0.05, 0.1) is 24.4 Å². The van der Waals surface area contributed by atoms with Gasteiger partial charge in [-0.1, -0.05) is 51.0 Å². The van der Waals surface area contributed by atoms with E-state index in [1.807, 2.05) is 40.7 Å². The topological polar surface area (TPSA) is 272 Å². The lowest BCUT2D eigenvalue weighted by atomic mass is 9.46. The number of alkyl carbamates (subject to hydrolysis) is 1. The van der Waals surface area contributed by atoms with Crippen molar-refractivity contribution in [1.82, 2.24) is 21.3 Å². The number of anilines is 1. The number of ether oxygens (including phenoxy) is 5. The minimum Gasteiger partial charge on any atom is -0.445 e. The molecule has 6 rings (SSSR count). The summed E-state index contributed by atoms with van der Waals surface area (Å²) in [5.41, 5.74) is 4.13. The van der Waals surface area contributed by atoms with Crippen molar-refractivity contribution in [3.63, 3.8) is 0 Å². The van der Waals surface area contributed by atoms with Gasteiger partial charge < -0.3 is 55.8 Å². The molecule has 1 aromatic carbocycles. The number of benzene rings is 1. The lowest BCUT2D eigenvalue weighted by Gasteiger charge is -2.59. The van der Waals surface area contributed by atoms with Gasteiger partial charge in [0.15, 0.2) is 23.5 Å². The van der Waals surface area contributed by atoms with E-state index in [-0.39, 0.29) is 81.1 Å². The maximum Gasteiger partial charge on any atom is 0.409 e. The third-order valence-electron chi connectivity index (χ3n) is 14.9. The second kappa shape index (κ2) is 22.7. The number of ketones is 2. The van der Waals surface area contributed by atoms with Crippen LogP contribution in [0.4, 0.5) is 15.3 Å². The van der Waals surface area contributed by atoms with Crippen LogP contribution in [0.5, 0.6) is 0 Å². The molecule has 5 aliphatic rings. The fourth-order valence-electron chi connectivity index (χ4n) is 11.7. The number of aliphatic hydroxyl groups is 1. The molecule has 0 aromatic heterocycles. The van der Waals surface area contributed by atoms with Gasteiger partial charge in [-0.3, -0.25) is 29.3 Å². The van der Waals surface area contributed by atoms with Crippen LogP contribution in [0.3, 0.4) is 0 Å². The fourth-order valence-corrected chi connectivity index (χ4v) is 11.7. The number of allylic oxidation sites excluding steroid dienone is 4. The Hall–Kier alpha value is -5.21. The average molecular weight is 965 g/mol. The Balaban J connectivity index is 0.975. The minimum atomic E-state index is -1.36. The van der Waals surface area contributed by atoms with Crippen LogP contribution in [0.15, 0.2) is 48.1 Å². The van der Waals surface area contributed by atoms with Crippen LogP contribution in [0.2, 0.25) is 0 Å². The zero-order valence-corrected chi connectivity index (χ0v) is 40.8. The van der Waals surface area contributed by atoms with Crippen LogP contribution in [-0.2, 0) is 54.3 Å². The number of amides is 6. The first-order valence-corrected chi connectivity index (χ1v) is 24.4. The van der Waals surface area contributed by atoms with E-state index < -0.39 is 70.5 Å². The number of rotatable bonds is 23. The zero-order chi connectivity index (χ0) is 50.1. The molecule has 8 N–H and O–H groups in total. The summed E-state index contributed by atoms with van der Waals surface area (Å²) in [5.74, 6) is -1.82. The van der Waals surface area contributed by atoms with Crippen molar-refractivity contribution in [2.75, 3.05) is 38.4 Å². The van der Waals surface area contributed by atoms with Crippen LogP contribution in [0.1, 0.15) is 111 Å². The first kappa shape index (κ1) is 53.1. The molecular formula is C50H72N6O13. The quantitative estimate of drug-likeness (QED) is 0.0599. The molecule has 2 unspecified atom stereocenters. The molecule has 0 bridgehead atoms. The summed E-state index contributed by atoms with van der Waals surface area (Å²) in [5, 5.41) is 24.9. The first-order chi connectivity index (χ1) is 32.7. The molecule has 1 saturated heterocycles. The molecule has 19 heteroatoms. The number of carbonyl (C=O) groups excluding carboxylic acids is 7. The van der Waals surface area contributed by atoms with Crippen molar-refractivity contribution in [3.05, 3.63) is 53.6 Å². The standard InChI is InChI=1S/C50H72N6O13/c1-7-10-42-68-39-24-35-34-17-14-31-23-33(57)18-21-48(31,5)43(34)37(58)25-49(35,6)50(39,69-42)38(59)28-65-29-54-46(64)66-27-30-12-15-32(16-13-30)55-44(62)36(11-9-22-52-45(51)63)56-41(61)26-53-40(60)19-20-47(3,4)67-8-2/h12-13,15-16,18,21,23,34-37,39,42-43,58H,7-11,14,17,19-20,22,24-29H2,1-6H3,(H,53,60)(H,54,64)(H,55,62)(H,56,61)(H3,51,52,63)/t34-,35?,36-,37-,39+,42?,43+,48-,49-,50+/m0/s1. The first-order valence-electron chi connectivity index (χ1n) is 24.4. The number of aliphatic hydroxyl groups excluding tert-OH is 1. The summed E-state index contributed by atoms with van der Waals surface area (Å²) >= 11 is 0. The highest BCUT2D eigenvalue weighted by atomic mass is 16.7. The second-order valence-electron chi connectivity index (χ2n) is 20.0. The third-order valence-corrected chi connectivity index (χ3v) is 14.9. The minimum absolute atomic E-state index is 0.0138. The molecule has 1 aromatic rings. The summed E-state index contributed by atoms with van der Waals surface area (Å²) in [6, 6.07) is 4.76. The van der Waals surface area contributed by atoms with Gasteiger partial charge in [-0.2, -0.15) is 0 Å². The molecule has 19 nitrogen and oxygen atoms in total. The second-order valence-corrected chi connectivity index (χ2v) is 20.0. The maximum atomic E-state index is 14.5. The predicted octanol–water partition coefficient (Wildman–Crippen LogP) is 4.21. The van der Waals surface area contributed by atoms with Gasteiger partial charge in [0.1, 0.15) is 26.0 Å². The number of carbonyl (C=O) groups is 7. The fraction of sp³-hybridized carbons (Fsp3) is 0.660. The van der Waals surface area contributed by atoms with Gasteiger partial charge in [0.2, 0.25) is 17.7 Å². The monoisotopic (exact) mass is 965 g/mol. The smallest absolute Gasteiger partial charge is 0.409 e. The zero-order valence-electron chi connectivity index (χ0n) is 40.8. The molecule has 3 saturated carbocycles. The summed E-state index contributed by atoms with van der Waals surface area (Å²) < 4.78 is 29.9. The molecular weight excluding hydrogens is 893 g/mol. The van der Waals surface area contributed by atoms with Crippen molar-refractivity contribution in [3.8, 4) is 0 Å². The van der Waals surface area contributed by atoms with Crippen LogP contribution in [-0.4, -0.2) is 115 Å². The molecule has 69 heavy (non-hydrogen) atoms. The normalized spacial score (nSPS) is 29.3. The number of hydrogen-bond acceptors (Lipinski definition) is 13. The van der Waals surface area contributed by atoms with Gasteiger partial charge in [-0.25, -0.2) is 9.59 Å². The molecule has 4 aliphatic carbocycles. The largest absolute Gasteiger partial charge is 0.445 e. The molecule has 1 heterocycles. The summed E-state index contributed by atoms with van der Waals surface area (Å²) in [4.78, 5) is 89.2. The number of primary amides is 1. The predicted molar refractivity (Wildman–Crippen MR) is 252 cm³/mol. The summed E-state index contributed by atoms with van der Waals surface area (Å²) in [7, 11) is 0. The van der Waals surface area contributed by atoms with Crippen molar-refractivity contribution in [2.24, 2.45) is 34.3 Å². The van der Waals surface area contributed by atoms with Gasteiger partial charge in [0.25, 0.3) is 0 Å². The van der Waals surface area contributed by atoms with E-state index in [1.54, 1.807) is 36.4 Å². The molecule has 0 spiro atoms. The summed E-state index contributed by atoms with van der Waals surface area (Å²) in [6.45, 7) is 11.3. The number of Topliss-reactive ketones (excluding diaryl/α,β-unsaturated/α-hetero) is 1. The molecule has 1 aliphatic heterocycles. The number of nitrogens with two attached hydrogens (primary N) is 1. The van der Waals surface area contributed by atoms with Gasteiger partial charge in [-0.15, -0.1) is 0 Å². The van der Waals surface area contributed by atoms with Crippen LogP contribution >= 0.6 is 0 Å². The number of fused-ring (bicyclic) bond motifs is 7. The van der Waals surface area contributed by atoms with Crippen molar-refractivity contribution < 1.29 is 62.4 Å². The number of nitrogens with one attached hydrogen (secondary N) is 5. The maximum absolute atomic E-state index is 14.5. The molecule has 0 radical (unpaired) electrons. The van der Waals surface area contributed by atoms with Crippen LogP contribution < -0.4 is 32.3 Å². The highest BCUT2D eigenvalue weighted by Crippen LogP contribution is 2.69. The Morgan fingerprint density at radius 2 is 1.78 bits per heavy atom. The van der Waals surface area contributed by atoms with E-state index in [2.05, 4.69) is 33.5 Å². The van der Waals surface area contributed by atoms with Gasteiger partial charge in [-0.05, 0) is 114 Å². The lowest BCUT2D eigenvalue weighted by Crippen LogP contribution is -2.63. The Labute approximate surface area is 404 Å². The lowest BCUT2D eigenvalue weighted by molar-refractivity contribution is -0.201. The molecule has 10 atom stereocenters. The summed E-state index contributed by atoms with van der Waals surface area (Å²) in [6.07, 6.45) is 7.54. The van der Waals surface area contributed by atoms with Crippen molar-refractivity contribution in [1.29, 1.82) is 0 Å². The Morgan fingerprint density at radius 1 is 1.03 bits per heavy atom. The average Bonchev–Trinajstić information content (AvgIpc) is 3.78. The van der Waals surface area contributed by atoms with Gasteiger partial charge >= 0.3 is 12.1 Å². The van der Waals surface area contributed by atoms with E-state index in [4.69, 9.17) is 29.4 Å². The Morgan fingerprint density at radius 3 is 2.49 bits per heavy atom. The van der Waals surface area contributed by atoms with Crippen LogP contribution in [0, 0.1) is 28.6 Å². The van der Waals surface area contributed by atoms with Crippen LogP contribution in [0.25, 0.3) is 0 Å². The molecule has 4 fully saturated rings. The Bertz CT molecular complexity index is 2130.